The fourth-order valence-corrected chi connectivity index (χ4v) is 3.54. The number of thiazole rings is 1. The number of rotatable bonds is 5. The van der Waals surface area contributed by atoms with Crippen LogP contribution in [0.3, 0.4) is 0 Å². The van der Waals surface area contributed by atoms with Gasteiger partial charge in [-0.3, -0.25) is 14.2 Å². The minimum atomic E-state index is -0.878. The Labute approximate surface area is 149 Å². The first-order chi connectivity index (χ1) is 12.0. The summed E-state index contributed by atoms with van der Waals surface area (Å²) in [5.74, 6) is -0.947. The highest BCUT2D eigenvalue weighted by Crippen LogP contribution is 2.23. The Hall–Kier alpha value is -2.93. The predicted octanol–water partition coefficient (Wildman–Crippen LogP) is 2.51. The minimum absolute atomic E-state index is 0.344. The molecule has 0 fully saturated rings. The van der Waals surface area contributed by atoms with Gasteiger partial charge in [-0.15, -0.1) is 11.3 Å². The molecule has 0 aliphatic heterocycles. The summed E-state index contributed by atoms with van der Waals surface area (Å²) in [5.41, 5.74) is 8.28. The van der Waals surface area contributed by atoms with Crippen molar-refractivity contribution in [2.45, 2.75) is 19.9 Å². The van der Waals surface area contributed by atoms with Crippen molar-refractivity contribution in [1.82, 2.24) is 14.9 Å². The van der Waals surface area contributed by atoms with E-state index < -0.39 is 11.9 Å². The van der Waals surface area contributed by atoms with Gasteiger partial charge in [0, 0.05) is 23.0 Å². The number of aromatic nitrogens is 2. The molecule has 6 nitrogen and oxygen atoms in total. The summed E-state index contributed by atoms with van der Waals surface area (Å²) in [6.07, 6.45) is 1.72. The van der Waals surface area contributed by atoms with Crippen LogP contribution in [0.5, 0.6) is 0 Å². The Bertz CT molecular complexity index is 901. The van der Waals surface area contributed by atoms with Gasteiger partial charge in [0.05, 0.1) is 5.56 Å². The molecule has 25 heavy (non-hydrogen) atoms. The number of primary amides is 1. The predicted molar refractivity (Wildman–Crippen MR) is 96.8 cm³/mol. The maximum absolute atomic E-state index is 12.7. The smallest absolute Gasteiger partial charge is 0.254 e. The number of carbonyl (C=O) groups is 2. The van der Waals surface area contributed by atoms with E-state index in [4.69, 9.17) is 5.73 Å². The van der Waals surface area contributed by atoms with Crippen molar-refractivity contribution in [2.24, 2.45) is 5.73 Å². The van der Waals surface area contributed by atoms with Crippen molar-refractivity contribution in [3.05, 3.63) is 70.5 Å². The first-order valence-corrected chi connectivity index (χ1v) is 8.61. The van der Waals surface area contributed by atoms with Crippen LogP contribution in [-0.4, -0.2) is 21.4 Å². The number of nitrogens with zero attached hydrogens (tertiary/aromatic N) is 2. The molecule has 7 heteroatoms. The van der Waals surface area contributed by atoms with Gasteiger partial charge in [-0.1, -0.05) is 30.3 Å². The third-order valence-corrected chi connectivity index (χ3v) is 4.74. The van der Waals surface area contributed by atoms with Crippen LogP contribution >= 0.6 is 11.3 Å². The van der Waals surface area contributed by atoms with Crippen LogP contribution in [0.2, 0.25) is 0 Å². The number of hydrogen-bond acceptors (Lipinski definition) is 4. The normalized spacial score (nSPS) is 11.9. The Balaban J connectivity index is 1.91. The molecule has 3 aromatic rings. The molecule has 0 radical (unpaired) electrons. The van der Waals surface area contributed by atoms with Crippen molar-refractivity contribution in [1.29, 1.82) is 0 Å². The largest absolute Gasteiger partial charge is 0.368 e. The van der Waals surface area contributed by atoms with Gasteiger partial charge in [0.15, 0.2) is 5.13 Å². The highest BCUT2D eigenvalue weighted by atomic mass is 32.1. The molecule has 0 saturated heterocycles. The van der Waals surface area contributed by atoms with E-state index in [1.54, 1.807) is 36.5 Å². The second-order valence-electron chi connectivity index (χ2n) is 5.65. The zero-order chi connectivity index (χ0) is 18.0. The molecule has 0 spiro atoms. The molecule has 2 heterocycles. The lowest BCUT2D eigenvalue weighted by molar-refractivity contribution is -0.120. The molecule has 1 aromatic carbocycles. The van der Waals surface area contributed by atoms with Gasteiger partial charge in [-0.05, 0) is 25.5 Å². The number of hydrogen-bond donors (Lipinski definition) is 2. The van der Waals surface area contributed by atoms with E-state index in [1.165, 1.54) is 11.3 Å². The van der Waals surface area contributed by atoms with Crippen molar-refractivity contribution in [2.75, 3.05) is 0 Å². The summed E-state index contributed by atoms with van der Waals surface area (Å²) < 4.78 is 1.92. The molecule has 2 aromatic heterocycles. The molecule has 1 unspecified atom stereocenters. The molecule has 0 bridgehead atoms. The summed E-state index contributed by atoms with van der Waals surface area (Å²) in [5, 5.41) is 5.41. The third kappa shape index (κ3) is 3.32. The summed E-state index contributed by atoms with van der Waals surface area (Å²) in [4.78, 5) is 28.8. The standard InChI is InChI=1S/C18H18N4O2S/c1-11-10-14(12(2)22(11)18-20-8-9-25-18)17(24)21-15(16(19)23)13-6-4-3-5-7-13/h3-10,15H,1-2H3,(H2,19,23)(H,21,24). The molecule has 1 atom stereocenters. The number of benzene rings is 1. The zero-order valence-corrected chi connectivity index (χ0v) is 14.7. The van der Waals surface area contributed by atoms with E-state index in [0.29, 0.717) is 11.1 Å². The van der Waals surface area contributed by atoms with E-state index in [1.807, 2.05) is 29.9 Å². The van der Waals surface area contributed by atoms with E-state index in [0.717, 1.165) is 16.5 Å². The van der Waals surface area contributed by atoms with Gasteiger partial charge >= 0.3 is 0 Å². The van der Waals surface area contributed by atoms with Gasteiger partial charge in [0.25, 0.3) is 5.91 Å². The average Bonchev–Trinajstić information content (AvgIpc) is 3.20. The Kier molecular flexibility index (Phi) is 4.67. The third-order valence-electron chi connectivity index (χ3n) is 3.98. The second-order valence-corrected chi connectivity index (χ2v) is 6.53. The highest BCUT2D eigenvalue weighted by Gasteiger charge is 2.24. The molecule has 0 aliphatic rings. The van der Waals surface area contributed by atoms with Crippen LogP contribution in [0.15, 0.2) is 48.0 Å². The van der Waals surface area contributed by atoms with Crippen LogP contribution in [0.25, 0.3) is 5.13 Å². The lowest BCUT2D eigenvalue weighted by atomic mass is 10.1. The van der Waals surface area contributed by atoms with Gasteiger partial charge in [-0.25, -0.2) is 4.98 Å². The minimum Gasteiger partial charge on any atom is -0.368 e. The molecule has 0 aliphatic carbocycles. The first-order valence-electron chi connectivity index (χ1n) is 7.73. The van der Waals surface area contributed by atoms with Crippen molar-refractivity contribution < 1.29 is 9.59 Å². The van der Waals surface area contributed by atoms with Crippen molar-refractivity contribution >= 4 is 23.2 Å². The molecular formula is C18H18N4O2S. The number of nitrogens with one attached hydrogen (secondary N) is 1. The van der Waals surface area contributed by atoms with Crippen LogP contribution in [-0.2, 0) is 4.79 Å². The Morgan fingerprint density at radius 2 is 1.96 bits per heavy atom. The maximum Gasteiger partial charge on any atom is 0.254 e. The number of carbonyl (C=O) groups excluding carboxylic acids is 2. The lowest BCUT2D eigenvalue weighted by Gasteiger charge is -2.16. The zero-order valence-electron chi connectivity index (χ0n) is 13.9. The van der Waals surface area contributed by atoms with Gasteiger partial charge in [0.2, 0.25) is 5.91 Å². The Morgan fingerprint density at radius 3 is 2.56 bits per heavy atom. The molecule has 2 amide bonds. The highest BCUT2D eigenvalue weighted by molar-refractivity contribution is 7.12. The number of nitrogens with two attached hydrogens (primary N) is 1. The topological polar surface area (TPSA) is 90.0 Å². The van der Waals surface area contributed by atoms with Crippen LogP contribution in [0.4, 0.5) is 0 Å². The number of aryl methyl sites for hydroxylation is 1. The average molecular weight is 354 g/mol. The first kappa shape index (κ1) is 16.9. The maximum atomic E-state index is 12.7. The summed E-state index contributed by atoms with van der Waals surface area (Å²) in [7, 11) is 0. The SMILES string of the molecule is Cc1cc(C(=O)NC(C(N)=O)c2ccccc2)c(C)n1-c1nccs1. The fraction of sp³-hybridized carbons (Fsp3) is 0.167. The fourth-order valence-electron chi connectivity index (χ4n) is 2.79. The molecule has 0 saturated carbocycles. The van der Waals surface area contributed by atoms with E-state index in [9.17, 15) is 9.59 Å². The molecular weight excluding hydrogens is 336 g/mol. The van der Waals surface area contributed by atoms with Gasteiger partial charge < -0.3 is 11.1 Å². The van der Waals surface area contributed by atoms with Crippen molar-refractivity contribution in [3.63, 3.8) is 0 Å². The molecule has 3 rings (SSSR count). The van der Waals surface area contributed by atoms with Gasteiger partial charge in [-0.2, -0.15) is 0 Å². The van der Waals surface area contributed by atoms with Crippen LogP contribution in [0.1, 0.15) is 33.4 Å². The van der Waals surface area contributed by atoms with E-state index in [2.05, 4.69) is 10.3 Å². The Morgan fingerprint density at radius 1 is 1.24 bits per heavy atom. The van der Waals surface area contributed by atoms with E-state index in [-0.39, 0.29) is 5.91 Å². The summed E-state index contributed by atoms with van der Waals surface area (Å²) in [6.45, 7) is 3.76. The lowest BCUT2D eigenvalue weighted by Crippen LogP contribution is -2.37. The number of amides is 2. The second kappa shape index (κ2) is 6.90. The molecule has 128 valence electrons. The van der Waals surface area contributed by atoms with E-state index >= 15 is 0 Å². The molecule has 3 N–H and O–H groups in total. The van der Waals surface area contributed by atoms with Crippen LogP contribution < -0.4 is 11.1 Å². The van der Waals surface area contributed by atoms with Crippen LogP contribution in [0, 0.1) is 13.8 Å². The van der Waals surface area contributed by atoms with Gasteiger partial charge in [0.1, 0.15) is 6.04 Å². The monoisotopic (exact) mass is 354 g/mol. The summed E-state index contributed by atoms with van der Waals surface area (Å²) >= 11 is 1.49. The quantitative estimate of drug-likeness (QED) is 0.738. The van der Waals surface area contributed by atoms with Crippen molar-refractivity contribution in [3.8, 4) is 5.13 Å². The summed E-state index contributed by atoms with van der Waals surface area (Å²) in [6, 6.07) is 9.86.